The van der Waals surface area contributed by atoms with Crippen LogP contribution in [0.25, 0.3) is 6.20 Å². The van der Waals surface area contributed by atoms with E-state index in [-0.39, 0.29) is 12.2 Å². The van der Waals surface area contributed by atoms with Gasteiger partial charge in [-0.25, -0.2) is 9.79 Å². The number of ether oxygens (including phenoxy) is 3. The molecule has 3 aromatic rings. The Kier molecular flexibility index (Phi) is 7.30. The van der Waals surface area contributed by atoms with Crippen LogP contribution in [0.2, 0.25) is 0 Å². The van der Waals surface area contributed by atoms with E-state index in [1.165, 1.54) is 11.3 Å². The number of allylic oxidation sites excluding steroid dienone is 1. The lowest BCUT2D eigenvalue weighted by molar-refractivity contribution is -0.139. The number of carbonyl (C=O) groups is 1. The number of rotatable bonds is 7. The maximum atomic E-state index is 13.7. The highest BCUT2D eigenvalue weighted by molar-refractivity contribution is 7.07. The van der Waals surface area contributed by atoms with Crippen molar-refractivity contribution in [2.75, 3.05) is 26.1 Å². The predicted molar refractivity (Wildman–Crippen MR) is 140 cm³/mol. The van der Waals surface area contributed by atoms with E-state index in [4.69, 9.17) is 14.2 Å². The van der Waals surface area contributed by atoms with Crippen molar-refractivity contribution in [3.8, 4) is 11.5 Å². The quantitative estimate of drug-likeness (QED) is 0.493. The summed E-state index contributed by atoms with van der Waals surface area (Å²) in [6, 6.07) is 10.7. The molecule has 2 heterocycles. The number of nitrogens with zero attached hydrogens (tertiary/aromatic N) is 2. The fraction of sp³-hybridized carbons (Fsp3) is 0.296. The van der Waals surface area contributed by atoms with Gasteiger partial charge in [0.25, 0.3) is 5.56 Å². The number of nitrogens with one attached hydrogen (secondary N) is 1. The number of esters is 1. The molecule has 1 aromatic heterocycles. The molecule has 0 saturated heterocycles. The molecule has 0 bridgehead atoms. The third kappa shape index (κ3) is 4.66. The van der Waals surface area contributed by atoms with E-state index in [0.717, 1.165) is 16.8 Å². The molecular formula is C27H29N3O5S. The molecule has 0 radical (unpaired) electrons. The Morgan fingerprint density at radius 2 is 1.86 bits per heavy atom. The number of anilines is 1. The first-order valence-electron chi connectivity index (χ1n) is 11.5. The summed E-state index contributed by atoms with van der Waals surface area (Å²) in [4.78, 5) is 31.8. The highest BCUT2D eigenvalue weighted by Crippen LogP contribution is 2.36. The van der Waals surface area contributed by atoms with Crippen molar-refractivity contribution in [1.29, 1.82) is 0 Å². The molecule has 1 N–H and O–H groups in total. The molecule has 4 rings (SSSR count). The van der Waals surface area contributed by atoms with Gasteiger partial charge in [0.1, 0.15) is 4.53 Å². The molecule has 188 valence electrons. The van der Waals surface area contributed by atoms with Gasteiger partial charge in [-0.1, -0.05) is 29.5 Å². The largest absolute Gasteiger partial charge is 0.493 e. The molecular weight excluding hydrogens is 478 g/mol. The monoisotopic (exact) mass is 507 g/mol. The third-order valence-corrected chi connectivity index (χ3v) is 6.98. The number of hydrogen-bond donors (Lipinski definition) is 1. The number of thiazole rings is 1. The van der Waals surface area contributed by atoms with Crippen molar-refractivity contribution in [2.24, 2.45) is 4.99 Å². The molecule has 1 aliphatic heterocycles. The van der Waals surface area contributed by atoms with Gasteiger partial charge >= 0.3 is 5.97 Å². The van der Waals surface area contributed by atoms with Crippen LogP contribution in [0.1, 0.15) is 36.6 Å². The molecule has 0 saturated carbocycles. The summed E-state index contributed by atoms with van der Waals surface area (Å²) in [5.74, 6) is 0.526. The molecule has 1 aliphatic rings. The van der Waals surface area contributed by atoms with Crippen molar-refractivity contribution < 1.29 is 19.0 Å². The summed E-state index contributed by atoms with van der Waals surface area (Å²) >= 11 is 1.26. The van der Waals surface area contributed by atoms with E-state index in [9.17, 15) is 9.59 Å². The molecule has 36 heavy (non-hydrogen) atoms. The predicted octanol–water partition coefficient (Wildman–Crippen LogP) is 3.45. The van der Waals surface area contributed by atoms with E-state index in [1.807, 2.05) is 38.1 Å². The molecule has 1 atom stereocenters. The van der Waals surface area contributed by atoms with E-state index in [0.29, 0.717) is 37.7 Å². The van der Waals surface area contributed by atoms with Crippen LogP contribution in [0.15, 0.2) is 57.5 Å². The molecule has 9 heteroatoms. The van der Waals surface area contributed by atoms with Gasteiger partial charge in [0.2, 0.25) is 0 Å². The smallest absolute Gasteiger partial charge is 0.338 e. The lowest BCUT2D eigenvalue weighted by atomic mass is 9.95. The number of aryl methyl sites for hydroxylation is 2. The second-order valence-electron chi connectivity index (χ2n) is 8.38. The van der Waals surface area contributed by atoms with Gasteiger partial charge in [0, 0.05) is 11.9 Å². The fourth-order valence-corrected chi connectivity index (χ4v) is 5.13. The molecule has 0 amide bonds. The molecule has 0 unspecified atom stereocenters. The Labute approximate surface area is 213 Å². The second kappa shape index (κ2) is 10.4. The first-order valence-corrected chi connectivity index (χ1v) is 12.3. The SMILES string of the molecule is CCOC(=O)C1=C(C)N=c2s/c(=C\Nc3cc(C)ccc3C)c(=O)n2[C@H]1c1ccc(OC)c(OC)c1. The van der Waals surface area contributed by atoms with E-state index >= 15 is 0 Å². The molecule has 0 spiro atoms. The molecule has 2 aromatic carbocycles. The topological polar surface area (TPSA) is 91.2 Å². The zero-order valence-corrected chi connectivity index (χ0v) is 22.0. The zero-order chi connectivity index (χ0) is 26.0. The van der Waals surface area contributed by atoms with Crippen molar-refractivity contribution in [3.63, 3.8) is 0 Å². The number of fused-ring (bicyclic) bond motifs is 1. The average Bonchev–Trinajstić information content (AvgIpc) is 3.17. The van der Waals surface area contributed by atoms with Crippen LogP contribution in [-0.2, 0) is 9.53 Å². The van der Waals surface area contributed by atoms with Crippen LogP contribution in [-0.4, -0.2) is 31.4 Å². The summed E-state index contributed by atoms with van der Waals surface area (Å²) in [6.07, 6.45) is 1.70. The first-order chi connectivity index (χ1) is 17.3. The van der Waals surface area contributed by atoms with Crippen molar-refractivity contribution >= 4 is 29.2 Å². The minimum absolute atomic E-state index is 0.207. The van der Waals surface area contributed by atoms with Crippen LogP contribution >= 0.6 is 11.3 Å². The minimum atomic E-state index is -0.733. The van der Waals surface area contributed by atoms with Gasteiger partial charge in [-0.2, -0.15) is 0 Å². The Morgan fingerprint density at radius 3 is 2.56 bits per heavy atom. The Balaban J connectivity index is 1.90. The van der Waals surface area contributed by atoms with Gasteiger partial charge in [0.05, 0.1) is 38.1 Å². The maximum absolute atomic E-state index is 13.7. The van der Waals surface area contributed by atoms with Crippen LogP contribution in [0.3, 0.4) is 0 Å². The van der Waals surface area contributed by atoms with Crippen molar-refractivity contribution in [3.05, 3.63) is 84.0 Å². The van der Waals surface area contributed by atoms with Gasteiger partial charge in [-0.05, 0) is 62.6 Å². The molecule has 0 aliphatic carbocycles. The number of methoxy groups -OCH3 is 2. The number of hydrogen-bond acceptors (Lipinski definition) is 8. The van der Waals surface area contributed by atoms with Gasteiger partial charge < -0.3 is 19.5 Å². The van der Waals surface area contributed by atoms with Crippen LogP contribution in [0, 0.1) is 13.8 Å². The fourth-order valence-electron chi connectivity index (χ4n) is 4.16. The van der Waals surface area contributed by atoms with Crippen LogP contribution < -0.4 is 29.7 Å². The Hall–Kier alpha value is -3.85. The summed E-state index contributed by atoms with van der Waals surface area (Å²) in [6.45, 7) is 7.72. The highest BCUT2D eigenvalue weighted by atomic mass is 32.1. The van der Waals surface area contributed by atoms with Crippen molar-refractivity contribution in [2.45, 2.75) is 33.7 Å². The standard InChI is InChI=1S/C27H29N3O5S/c1-7-35-26(32)23-17(4)29-27-30(24(23)18-10-11-20(33-5)21(13-18)34-6)25(31)22(36-27)14-28-19-12-15(2)8-9-16(19)3/h8-14,24,28H,7H2,1-6H3/b22-14-/t24-/m0/s1. The first kappa shape index (κ1) is 25.2. The van der Waals surface area contributed by atoms with E-state index in [2.05, 4.69) is 10.3 Å². The normalized spacial score (nSPS) is 15.3. The lowest BCUT2D eigenvalue weighted by Gasteiger charge is -2.25. The lowest BCUT2D eigenvalue weighted by Crippen LogP contribution is -2.40. The van der Waals surface area contributed by atoms with Crippen LogP contribution in [0.5, 0.6) is 11.5 Å². The maximum Gasteiger partial charge on any atom is 0.338 e. The summed E-state index contributed by atoms with van der Waals surface area (Å²) < 4.78 is 18.2. The Bertz CT molecular complexity index is 1530. The second-order valence-corrected chi connectivity index (χ2v) is 9.39. The Morgan fingerprint density at radius 1 is 1.11 bits per heavy atom. The summed E-state index contributed by atoms with van der Waals surface area (Å²) in [5.41, 5.74) is 4.33. The number of aromatic nitrogens is 1. The zero-order valence-electron chi connectivity index (χ0n) is 21.2. The van der Waals surface area contributed by atoms with Gasteiger partial charge in [-0.3, -0.25) is 9.36 Å². The van der Waals surface area contributed by atoms with Gasteiger partial charge in [-0.15, -0.1) is 0 Å². The molecule has 8 nitrogen and oxygen atoms in total. The molecule has 0 fully saturated rings. The summed E-state index contributed by atoms with van der Waals surface area (Å²) in [5, 5.41) is 3.26. The van der Waals surface area contributed by atoms with E-state index < -0.39 is 12.0 Å². The van der Waals surface area contributed by atoms with Gasteiger partial charge in [0.15, 0.2) is 16.3 Å². The number of carbonyl (C=O) groups excluding carboxylic acids is 1. The summed E-state index contributed by atoms with van der Waals surface area (Å²) in [7, 11) is 3.09. The third-order valence-electron chi connectivity index (χ3n) is 5.99. The highest BCUT2D eigenvalue weighted by Gasteiger charge is 2.33. The average molecular weight is 508 g/mol. The van der Waals surface area contributed by atoms with Crippen molar-refractivity contribution in [1.82, 2.24) is 4.57 Å². The van der Waals surface area contributed by atoms with E-state index in [1.54, 1.807) is 51.0 Å². The minimum Gasteiger partial charge on any atom is -0.493 e. The number of benzene rings is 2. The van der Waals surface area contributed by atoms with Crippen LogP contribution in [0.4, 0.5) is 5.69 Å².